The van der Waals surface area contributed by atoms with Crippen molar-refractivity contribution in [1.29, 1.82) is 0 Å². The summed E-state index contributed by atoms with van der Waals surface area (Å²) < 4.78 is 4.46. The number of hydrogen-bond donors (Lipinski definition) is 2. The van der Waals surface area contributed by atoms with E-state index in [0.717, 1.165) is 0 Å². The van der Waals surface area contributed by atoms with E-state index in [-0.39, 0.29) is 0 Å². The molecule has 0 bridgehead atoms. The van der Waals surface area contributed by atoms with Gasteiger partial charge < -0.3 is 0 Å². The second-order valence-corrected chi connectivity index (χ2v) is 1.63. The predicted molar refractivity (Wildman–Crippen MR) is 36.4 cm³/mol. The molecule has 0 unspecified atom stereocenters. The van der Waals surface area contributed by atoms with Crippen LogP contribution < -0.4 is 4.65 Å². The van der Waals surface area contributed by atoms with Gasteiger partial charge in [-0.3, -0.25) is 0 Å². The number of rotatable bonds is 2. The minimum absolute atomic E-state index is 0.331. The fraction of sp³-hybridized carbons (Fsp3) is 0. The van der Waals surface area contributed by atoms with Gasteiger partial charge in [-0.25, -0.2) is 0 Å². The van der Waals surface area contributed by atoms with Crippen molar-refractivity contribution in [3.63, 3.8) is 0 Å². The Hall–Kier alpha value is -0.870. The number of nitrogens with zero attached hydrogens (tertiary/aromatic N) is 1. The molecule has 0 atom stereocenters. The molecule has 0 saturated carbocycles. The molecule has 0 spiro atoms. The van der Waals surface area contributed by atoms with E-state index in [1.807, 2.05) is 0 Å². The van der Waals surface area contributed by atoms with Crippen LogP contribution in [-0.2, 0) is 0 Å². The SMILES string of the molecule is OB(O)Oc1bccnc1. The maximum absolute atomic E-state index is 8.31. The predicted octanol–water partition coefficient (Wildman–Crippen LogP) is -1.23. The average Bonchev–Trinajstić information content (AvgIpc) is 1.88. The molecule has 0 aliphatic rings. The Morgan fingerprint density at radius 2 is 2.40 bits per heavy atom. The zero-order valence-electron chi connectivity index (χ0n) is 5.14. The molecule has 10 heavy (non-hydrogen) atoms. The number of hydrogen-bond acceptors (Lipinski definition) is 4. The molecular weight excluding hydrogens is 132 g/mol. The van der Waals surface area contributed by atoms with Gasteiger partial charge in [0.1, 0.15) is 0 Å². The third kappa shape index (κ3) is 2.16. The molecule has 1 heterocycles. The van der Waals surface area contributed by atoms with Gasteiger partial charge in [-0.1, -0.05) is 0 Å². The van der Waals surface area contributed by atoms with Gasteiger partial charge in [0.2, 0.25) is 0 Å². The molecule has 4 nitrogen and oxygen atoms in total. The standard InChI is InChI=1S/C4H5B2NO3/c8-6(9)10-4-3-7-2-1-5-4/h1-3,8-9H. The van der Waals surface area contributed by atoms with Crippen molar-refractivity contribution >= 4 is 14.2 Å². The van der Waals surface area contributed by atoms with Crippen molar-refractivity contribution < 1.29 is 14.7 Å². The first-order valence-corrected chi connectivity index (χ1v) is 2.72. The molecular formula is C4H5B2NO3. The molecule has 0 radical (unpaired) electrons. The Morgan fingerprint density at radius 1 is 1.60 bits per heavy atom. The van der Waals surface area contributed by atoms with Gasteiger partial charge in [-0.2, -0.15) is 0 Å². The van der Waals surface area contributed by atoms with Crippen LogP contribution in [-0.4, -0.2) is 29.3 Å². The zero-order chi connectivity index (χ0) is 7.40. The van der Waals surface area contributed by atoms with Crippen molar-refractivity contribution in [3.8, 4) is 5.64 Å². The first-order chi connectivity index (χ1) is 4.79. The Balaban J connectivity index is 2.59. The monoisotopic (exact) mass is 137 g/mol. The van der Waals surface area contributed by atoms with Gasteiger partial charge in [-0.15, -0.1) is 0 Å². The third-order valence-corrected chi connectivity index (χ3v) is 0.876. The first-order valence-electron chi connectivity index (χ1n) is 2.72. The van der Waals surface area contributed by atoms with Crippen LogP contribution in [0.25, 0.3) is 0 Å². The second kappa shape index (κ2) is 3.34. The van der Waals surface area contributed by atoms with Crippen molar-refractivity contribution in [2.75, 3.05) is 0 Å². The van der Waals surface area contributed by atoms with E-state index in [0.29, 0.717) is 5.64 Å². The average molecular weight is 137 g/mol. The fourth-order valence-electron chi connectivity index (χ4n) is 0.539. The van der Waals surface area contributed by atoms with E-state index in [2.05, 4.69) is 9.64 Å². The number of aromatic nitrogens is 1. The minimum atomic E-state index is -1.77. The fourth-order valence-corrected chi connectivity index (χ4v) is 0.539. The van der Waals surface area contributed by atoms with E-state index in [9.17, 15) is 0 Å². The van der Waals surface area contributed by atoms with Crippen molar-refractivity contribution in [2.45, 2.75) is 0 Å². The van der Waals surface area contributed by atoms with E-state index >= 15 is 0 Å². The van der Waals surface area contributed by atoms with Crippen molar-refractivity contribution in [2.24, 2.45) is 0 Å². The maximum atomic E-state index is 8.31. The summed E-state index contributed by atoms with van der Waals surface area (Å²) in [5.74, 6) is 1.64. The summed E-state index contributed by atoms with van der Waals surface area (Å²) in [5.41, 5.74) is 0.331. The molecule has 0 amide bonds. The molecule has 1 aromatic rings. The Kier molecular flexibility index (Phi) is 2.42. The Morgan fingerprint density at radius 3 is 2.90 bits per heavy atom. The topological polar surface area (TPSA) is 62.6 Å². The van der Waals surface area contributed by atoms with Crippen LogP contribution >= 0.6 is 0 Å². The summed E-state index contributed by atoms with van der Waals surface area (Å²) in [6, 6.07) is 0. The summed E-state index contributed by atoms with van der Waals surface area (Å²) >= 11 is 0. The van der Waals surface area contributed by atoms with Crippen LogP contribution in [0.1, 0.15) is 0 Å². The molecule has 0 fully saturated rings. The van der Waals surface area contributed by atoms with Crippen molar-refractivity contribution in [3.05, 3.63) is 18.4 Å². The van der Waals surface area contributed by atoms with Gasteiger partial charge in [-0.05, 0) is 0 Å². The van der Waals surface area contributed by atoms with Gasteiger partial charge >= 0.3 is 57.9 Å². The van der Waals surface area contributed by atoms with Crippen LogP contribution in [0, 0.1) is 0 Å². The molecule has 0 aliphatic heterocycles. The van der Waals surface area contributed by atoms with E-state index < -0.39 is 7.32 Å². The van der Waals surface area contributed by atoms with Gasteiger partial charge in [0, 0.05) is 0 Å². The molecule has 50 valence electrons. The second-order valence-electron chi connectivity index (χ2n) is 1.63. The summed E-state index contributed by atoms with van der Waals surface area (Å²) in [4.78, 5) is 3.69. The normalized spacial score (nSPS) is 8.60. The first kappa shape index (κ1) is 7.24. The summed E-state index contributed by atoms with van der Waals surface area (Å²) in [6.45, 7) is 1.58. The summed E-state index contributed by atoms with van der Waals surface area (Å²) in [7, 11) is -1.77. The molecule has 2 N–H and O–H groups in total. The Labute approximate surface area is 58.9 Å². The summed E-state index contributed by atoms with van der Waals surface area (Å²) in [5, 5.41) is 16.6. The van der Waals surface area contributed by atoms with Gasteiger partial charge in [0.15, 0.2) is 0 Å². The molecule has 1 aromatic heterocycles. The van der Waals surface area contributed by atoms with Crippen LogP contribution in [0.5, 0.6) is 5.64 Å². The van der Waals surface area contributed by atoms with E-state index in [4.69, 9.17) is 10.0 Å². The van der Waals surface area contributed by atoms with Crippen LogP contribution in [0.2, 0.25) is 0 Å². The van der Waals surface area contributed by atoms with Crippen molar-refractivity contribution in [1.82, 2.24) is 4.98 Å². The summed E-state index contributed by atoms with van der Waals surface area (Å²) in [6.07, 6.45) is 2.95. The van der Waals surface area contributed by atoms with Crippen LogP contribution in [0.15, 0.2) is 18.4 Å². The van der Waals surface area contributed by atoms with Crippen LogP contribution in [0.3, 0.4) is 0 Å². The Bertz CT molecular complexity index is 193. The molecule has 0 aliphatic carbocycles. The van der Waals surface area contributed by atoms with Gasteiger partial charge in [0.25, 0.3) is 0 Å². The molecule has 1 rings (SSSR count). The van der Waals surface area contributed by atoms with E-state index in [1.165, 1.54) is 6.20 Å². The zero-order valence-corrected chi connectivity index (χ0v) is 5.14. The molecule has 0 aromatic carbocycles. The molecule has 6 heteroatoms. The third-order valence-electron chi connectivity index (χ3n) is 0.876. The van der Waals surface area contributed by atoms with Gasteiger partial charge in [0.05, 0.1) is 0 Å². The quantitative estimate of drug-likeness (QED) is 0.500. The van der Waals surface area contributed by atoms with E-state index in [1.54, 1.807) is 19.1 Å². The molecule has 0 saturated heterocycles. The van der Waals surface area contributed by atoms with Crippen LogP contribution in [0.4, 0.5) is 0 Å².